The maximum Gasteiger partial charge on any atom is 0.252 e. The van der Waals surface area contributed by atoms with Crippen LogP contribution in [0.15, 0.2) is 59.1 Å². The number of hydrogen-bond acceptors (Lipinski definition) is 6. The molecule has 31 heavy (non-hydrogen) atoms. The van der Waals surface area contributed by atoms with Crippen LogP contribution < -0.4 is 14.8 Å². The number of rotatable bonds is 7. The number of halogens is 2. The molecule has 0 bridgehead atoms. The Morgan fingerprint density at radius 1 is 1.16 bits per heavy atom. The normalized spacial score (nSPS) is 10.8. The highest BCUT2D eigenvalue weighted by Gasteiger charge is 2.12. The van der Waals surface area contributed by atoms with Gasteiger partial charge in [-0.15, -0.1) is 15.3 Å². The third-order valence-electron chi connectivity index (χ3n) is 4.38. The molecule has 0 fully saturated rings. The Kier molecular flexibility index (Phi) is 6.34. The summed E-state index contributed by atoms with van der Waals surface area (Å²) in [5.74, 6) is 1.38. The van der Waals surface area contributed by atoms with Crippen LogP contribution in [0.3, 0.4) is 0 Å². The molecule has 1 N–H and O–H groups in total. The summed E-state index contributed by atoms with van der Waals surface area (Å²) in [7, 11) is 1.61. The Bertz CT molecular complexity index is 1250. The van der Waals surface area contributed by atoms with Gasteiger partial charge in [-0.3, -0.25) is 4.79 Å². The molecule has 8 nitrogen and oxygen atoms in total. The first-order valence-corrected chi connectivity index (χ1v) is 10.4. The van der Waals surface area contributed by atoms with Crippen molar-refractivity contribution in [3.05, 3.63) is 69.7 Å². The Hall–Kier alpha value is -3.17. The molecule has 1 amide bonds. The largest absolute Gasteiger partial charge is 0.497 e. The van der Waals surface area contributed by atoms with Crippen molar-refractivity contribution < 1.29 is 14.3 Å². The van der Waals surface area contributed by atoms with Gasteiger partial charge < -0.3 is 14.8 Å². The minimum absolute atomic E-state index is 0.229. The lowest BCUT2D eigenvalue weighted by Crippen LogP contribution is -2.28. The van der Waals surface area contributed by atoms with Gasteiger partial charge in [-0.2, -0.15) is 4.52 Å². The number of methoxy groups -OCH3 is 1. The Labute approximate surface area is 191 Å². The number of nitrogens with one attached hydrogen (secondary N) is 1. The molecule has 4 aromatic rings. The summed E-state index contributed by atoms with van der Waals surface area (Å²) in [4.78, 5) is 12.3. The molecule has 2 heterocycles. The molecular weight excluding hydrogens is 486 g/mol. The molecular formula is C21H17BrClN5O3. The molecule has 2 aromatic heterocycles. The number of carbonyl (C=O) groups excluding carboxylic acids is 1. The van der Waals surface area contributed by atoms with Gasteiger partial charge in [0.1, 0.15) is 12.4 Å². The average molecular weight is 503 g/mol. The molecule has 0 aliphatic rings. The van der Waals surface area contributed by atoms with E-state index in [1.165, 1.54) is 0 Å². The third-order valence-corrected chi connectivity index (χ3v) is 5.20. The number of carbonyl (C=O) groups is 1. The van der Waals surface area contributed by atoms with Crippen LogP contribution >= 0.6 is 27.5 Å². The highest BCUT2D eigenvalue weighted by molar-refractivity contribution is 9.10. The molecule has 0 saturated carbocycles. The zero-order valence-electron chi connectivity index (χ0n) is 16.4. The second-order valence-electron chi connectivity index (χ2n) is 6.43. The van der Waals surface area contributed by atoms with Crippen molar-refractivity contribution in [3.63, 3.8) is 0 Å². The average Bonchev–Trinajstić information content (AvgIpc) is 3.21. The molecule has 158 valence electrons. The van der Waals surface area contributed by atoms with Gasteiger partial charge in [0, 0.05) is 16.1 Å². The van der Waals surface area contributed by atoms with E-state index >= 15 is 0 Å². The number of ether oxygens (including phenoxy) is 2. The highest BCUT2D eigenvalue weighted by atomic mass is 79.9. The SMILES string of the molecule is COc1cccc(-c2nnc3ccc(OCCNC(=O)c4cc(Br)ccc4Cl)nn23)c1. The van der Waals surface area contributed by atoms with E-state index in [1.54, 1.807) is 42.0 Å². The maximum absolute atomic E-state index is 12.3. The van der Waals surface area contributed by atoms with Crippen LogP contribution in [0.1, 0.15) is 10.4 Å². The van der Waals surface area contributed by atoms with Gasteiger partial charge in [-0.25, -0.2) is 0 Å². The predicted molar refractivity (Wildman–Crippen MR) is 120 cm³/mol. The lowest BCUT2D eigenvalue weighted by Gasteiger charge is -2.09. The smallest absolute Gasteiger partial charge is 0.252 e. The summed E-state index contributed by atoms with van der Waals surface area (Å²) in [5.41, 5.74) is 1.79. The van der Waals surface area contributed by atoms with Gasteiger partial charge in [-0.1, -0.05) is 39.7 Å². The molecule has 0 aliphatic heterocycles. The molecule has 0 atom stereocenters. The summed E-state index contributed by atoms with van der Waals surface area (Å²) < 4.78 is 13.3. The number of fused-ring (bicyclic) bond motifs is 1. The van der Waals surface area contributed by atoms with E-state index in [0.29, 0.717) is 33.7 Å². The van der Waals surface area contributed by atoms with E-state index in [1.807, 2.05) is 24.3 Å². The molecule has 2 aromatic carbocycles. The lowest BCUT2D eigenvalue weighted by molar-refractivity contribution is 0.0946. The first-order valence-electron chi connectivity index (χ1n) is 9.28. The van der Waals surface area contributed by atoms with Crippen LogP contribution in [0.25, 0.3) is 17.0 Å². The predicted octanol–water partition coefficient (Wildman–Crippen LogP) is 4.02. The van der Waals surface area contributed by atoms with Crippen molar-refractivity contribution >= 4 is 39.1 Å². The molecule has 4 rings (SSSR count). The number of amides is 1. The fourth-order valence-corrected chi connectivity index (χ4v) is 3.44. The molecule has 0 spiro atoms. The topological polar surface area (TPSA) is 90.6 Å². The van der Waals surface area contributed by atoms with Crippen LogP contribution in [0.4, 0.5) is 0 Å². The van der Waals surface area contributed by atoms with Gasteiger partial charge in [-0.05, 0) is 36.4 Å². The summed E-state index contributed by atoms with van der Waals surface area (Å²) in [6.07, 6.45) is 0. The van der Waals surface area contributed by atoms with Gasteiger partial charge >= 0.3 is 0 Å². The van der Waals surface area contributed by atoms with Gasteiger partial charge in [0.05, 0.1) is 24.2 Å². The fourth-order valence-electron chi connectivity index (χ4n) is 2.88. The monoisotopic (exact) mass is 501 g/mol. The third kappa shape index (κ3) is 4.78. The van der Waals surface area contributed by atoms with Crippen molar-refractivity contribution in [1.82, 2.24) is 25.1 Å². The second-order valence-corrected chi connectivity index (χ2v) is 7.75. The zero-order chi connectivity index (χ0) is 21.8. The number of nitrogens with zero attached hydrogens (tertiary/aromatic N) is 4. The van der Waals surface area contributed by atoms with E-state index in [9.17, 15) is 4.79 Å². The van der Waals surface area contributed by atoms with Crippen molar-refractivity contribution in [2.75, 3.05) is 20.3 Å². The summed E-state index contributed by atoms with van der Waals surface area (Å²) in [6.45, 7) is 0.513. The fraction of sp³-hybridized carbons (Fsp3) is 0.143. The van der Waals surface area contributed by atoms with Gasteiger partial charge in [0.15, 0.2) is 11.5 Å². The summed E-state index contributed by atoms with van der Waals surface area (Å²) in [6, 6.07) is 16.0. The van der Waals surface area contributed by atoms with E-state index in [2.05, 4.69) is 36.5 Å². The summed E-state index contributed by atoms with van der Waals surface area (Å²) >= 11 is 9.42. The molecule has 0 unspecified atom stereocenters. The van der Waals surface area contributed by atoms with E-state index in [0.717, 1.165) is 10.0 Å². The Balaban J connectivity index is 1.42. The van der Waals surface area contributed by atoms with Crippen LogP contribution in [0.2, 0.25) is 5.02 Å². The minimum atomic E-state index is -0.280. The molecule has 0 aliphatic carbocycles. The van der Waals surface area contributed by atoms with E-state index < -0.39 is 0 Å². The Morgan fingerprint density at radius 2 is 2.03 bits per heavy atom. The van der Waals surface area contributed by atoms with Crippen LogP contribution in [0, 0.1) is 0 Å². The second kappa shape index (κ2) is 9.32. The van der Waals surface area contributed by atoms with Crippen LogP contribution in [0.5, 0.6) is 11.6 Å². The zero-order valence-corrected chi connectivity index (χ0v) is 18.7. The van der Waals surface area contributed by atoms with Crippen molar-refractivity contribution in [3.8, 4) is 23.0 Å². The van der Waals surface area contributed by atoms with Crippen molar-refractivity contribution in [2.45, 2.75) is 0 Å². The first kappa shape index (κ1) is 21.1. The van der Waals surface area contributed by atoms with Crippen LogP contribution in [-0.4, -0.2) is 46.0 Å². The lowest BCUT2D eigenvalue weighted by atomic mass is 10.2. The summed E-state index contributed by atoms with van der Waals surface area (Å²) in [5, 5.41) is 16.0. The molecule has 0 radical (unpaired) electrons. The minimum Gasteiger partial charge on any atom is -0.497 e. The van der Waals surface area contributed by atoms with Crippen molar-refractivity contribution in [2.24, 2.45) is 0 Å². The van der Waals surface area contributed by atoms with Gasteiger partial charge in [0.2, 0.25) is 5.88 Å². The van der Waals surface area contributed by atoms with Crippen molar-refractivity contribution in [1.29, 1.82) is 0 Å². The standard InChI is InChI=1S/C21H17BrClN5O3/c1-30-15-4-2-3-13(11-15)20-26-25-18-7-8-19(27-28(18)20)31-10-9-24-21(29)16-12-14(22)5-6-17(16)23/h2-8,11-12H,9-10H2,1H3,(H,24,29). The Morgan fingerprint density at radius 3 is 2.87 bits per heavy atom. The van der Waals surface area contributed by atoms with Gasteiger partial charge in [0.25, 0.3) is 5.91 Å². The number of hydrogen-bond donors (Lipinski definition) is 1. The van der Waals surface area contributed by atoms with E-state index in [-0.39, 0.29) is 19.1 Å². The number of aromatic nitrogens is 4. The number of benzene rings is 2. The molecule has 0 saturated heterocycles. The quantitative estimate of drug-likeness (QED) is 0.384. The van der Waals surface area contributed by atoms with E-state index in [4.69, 9.17) is 21.1 Å². The first-order chi connectivity index (χ1) is 15.0. The highest BCUT2D eigenvalue weighted by Crippen LogP contribution is 2.23. The van der Waals surface area contributed by atoms with Crippen LogP contribution in [-0.2, 0) is 0 Å². The maximum atomic E-state index is 12.3. The molecule has 10 heteroatoms.